The van der Waals surface area contributed by atoms with E-state index < -0.39 is 5.82 Å². The molecule has 0 radical (unpaired) electrons. The molecule has 86 valence electrons. The Balaban J connectivity index is 2.61. The summed E-state index contributed by atoms with van der Waals surface area (Å²) in [5.74, 6) is -0.453. The van der Waals surface area contributed by atoms with Gasteiger partial charge in [-0.05, 0) is 12.1 Å². The predicted octanol–water partition coefficient (Wildman–Crippen LogP) is 0.948. The van der Waals surface area contributed by atoms with E-state index >= 15 is 0 Å². The van der Waals surface area contributed by atoms with Crippen LogP contribution in [0.5, 0.6) is 0 Å². The highest BCUT2D eigenvalue weighted by Crippen LogP contribution is 2.24. The molecule has 0 aliphatic carbocycles. The first-order valence-corrected chi connectivity index (χ1v) is 4.97. The fourth-order valence-corrected chi connectivity index (χ4v) is 1.56. The molecule has 17 heavy (non-hydrogen) atoms. The fourth-order valence-electron chi connectivity index (χ4n) is 1.56. The number of halogens is 1. The molecule has 5 nitrogen and oxygen atoms in total. The van der Waals surface area contributed by atoms with Crippen molar-refractivity contribution < 1.29 is 9.50 Å². The van der Waals surface area contributed by atoms with E-state index in [1.165, 1.54) is 10.7 Å². The second kappa shape index (κ2) is 4.72. The molecule has 0 fully saturated rings. The summed E-state index contributed by atoms with van der Waals surface area (Å²) in [6.07, 6.45) is 0. The second-order valence-corrected chi connectivity index (χ2v) is 3.33. The minimum Gasteiger partial charge on any atom is -0.394 e. The Morgan fingerprint density at radius 2 is 2.18 bits per heavy atom. The van der Waals surface area contributed by atoms with Gasteiger partial charge >= 0.3 is 0 Å². The van der Waals surface area contributed by atoms with Crippen molar-refractivity contribution in [1.29, 1.82) is 5.26 Å². The molecule has 2 aromatic rings. The summed E-state index contributed by atoms with van der Waals surface area (Å²) in [7, 11) is 0. The van der Waals surface area contributed by atoms with Crippen molar-refractivity contribution in [2.45, 2.75) is 6.54 Å². The molecule has 0 bridgehead atoms. The van der Waals surface area contributed by atoms with E-state index in [0.29, 0.717) is 5.69 Å². The fraction of sp³-hybridized carbons (Fsp3) is 0.182. The summed E-state index contributed by atoms with van der Waals surface area (Å²) >= 11 is 0. The van der Waals surface area contributed by atoms with E-state index in [4.69, 9.17) is 10.4 Å². The largest absolute Gasteiger partial charge is 0.394 e. The zero-order valence-electron chi connectivity index (χ0n) is 8.84. The van der Waals surface area contributed by atoms with Crippen LogP contribution in [-0.2, 0) is 6.54 Å². The van der Waals surface area contributed by atoms with Gasteiger partial charge in [-0.3, -0.25) is 0 Å². The van der Waals surface area contributed by atoms with E-state index in [2.05, 4.69) is 10.3 Å². The van der Waals surface area contributed by atoms with Gasteiger partial charge in [0.25, 0.3) is 0 Å². The third kappa shape index (κ3) is 2.00. The average molecular weight is 232 g/mol. The number of rotatable bonds is 3. The molecular formula is C11H9FN4O. The molecule has 1 aromatic carbocycles. The first kappa shape index (κ1) is 11.2. The van der Waals surface area contributed by atoms with Gasteiger partial charge in [0.05, 0.1) is 13.2 Å². The van der Waals surface area contributed by atoms with E-state index in [9.17, 15) is 4.39 Å². The topological polar surface area (TPSA) is 74.7 Å². The average Bonchev–Trinajstić information content (AvgIpc) is 2.73. The minimum absolute atomic E-state index is 0.0450. The van der Waals surface area contributed by atoms with E-state index in [-0.39, 0.29) is 24.4 Å². The van der Waals surface area contributed by atoms with E-state index in [1.807, 2.05) is 6.07 Å². The molecule has 0 saturated heterocycles. The standard InChI is InChI=1S/C11H9FN4O/c12-9-4-2-1-3-8(9)11-10(7-13)14-15-16(11)5-6-17/h1-4,17H,5-6H2. The lowest BCUT2D eigenvalue weighted by Gasteiger charge is -2.05. The van der Waals surface area contributed by atoms with Crippen LogP contribution in [0.2, 0.25) is 0 Å². The van der Waals surface area contributed by atoms with Crippen LogP contribution in [0.15, 0.2) is 24.3 Å². The third-order valence-corrected chi connectivity index (χ3v) is 2.28. The Kier molecular flexibility index (Phi) is 3.12. The molecule has 0 spiro atoms. The summed E-state index contributed by atoms with van der Waals surface area (Å²) in [5.41, 5.74) is 0.589. The van der Waals surface area contributed by atoms with Crippen molar-refractivity contribution in [3.8, 4) is 17.3 Å². The Morgan fingerprint density at radius 3 is 2.82 bits per heavy atom. The van der Waals surface area contributed by atoms with Crippen LogP contribution in [-0.4, -0.2) is 26.7 Å². The normalized spacial score (nSPS) is 10.2. The zero-order chi connectivity index (χ0) is 12.3. The molecule has 0 saturated carbocycles. The number of aliphatic hydroxyl groups is 1. The molecule has 6 heteroatoms. The lowest BCUT2D eigenvalue weighted by molar-refractivity contribution is 0.268. The Morgan fingerprint density at radius 1 is 1.41 bits per heavy atom. The molecule has 1 aromatic heterocycles. The van der Waals surface area contributed by atoms with Gasteiger partial charge in [0.2, 0.25) is 0 Å². The molecule has 0 aliphatic rings. The molecule has 0 aliphatic heterocycles. The highest BCUT2D eigenvalue weighted by molar-refractivity contribution is 5.65. The predicted molar refractivity (Wildman–Crippen MR) is 57.2 cm³/mol. The van der Waals surface area contributed by atoms with Crippen LogP contribution >= 0.6 is 0 Å². The van der Waals surface area contributed by atoms with Crippen LogP contribution in [0.4, 0.5) is 4.39 Å². The molecule has 2 rings (SSSR count). The number of aromatic nitrogens is 3. The van der Waals surface area contributed by atoms with Crippen molar-refractivity contribution >= 4 is 0 Å². The number of hydrogen-bond acceptors (Lipinski definition) is 4. The molecule has 1 N–H and O–H groups in total. The van der Waals surface area contributed by atoms with Crippen molar-refractivity contribution in [3.63, 3.8) is 0 Å². The molecule has 0 amide bonds. The Labute approximate surface area is 96.7 Å². The lowest BCUT2D eigenvalue weighted by atomic mass is 10.1. The van der Waals surface area contributed by atoms with Crippen molar-refractivity contribution in [3.05, 3.63) is 35.8 Å². The number of nitriles is 1. The molecule has 0 atom stereocenters. The van der Waals surface area contributed by atoms with E-state index in [1.54, 1.807) is 18.2 Å². The van der Waals surface area contributed by atoms with Gasteiger partial charge < -0.3 is 5.11 Å². The highest BCUT2D eigenvalue weighted by Gasteiger charge is 2.17. The minimum atomic E-state index is -0.453. The van der Waals surface area contributed by atoms with Crippen LogP contribution < -0.4 is 0 Å². The van der Waals surface area contributed by atoms with Crippen LogP contribution in [0.3, 0.4) is 0 Å². The summed E-state index contributed by atoms with van der Waals surface area (Å²) in [4.78, 5) is 0. The smallest absolute Gasteiger partial charge is 0.190 e. The van der Waals surface area contributed by atoms with Gasteiger partial charge in [-0.1, -0.05) is 17.3 Å². The quantitative estimate of drug-likeness (QED) is 0.854. The van der Waals surface area contributed by atoms with E-state index in [0.717, 1.165) is 0 Å². The first-order valence-electron chi connectivity index (χ1n) is 4.97. The zero-order valence-corrected chi connectivity index (χ0v) is 8.84. The number of benzene rings is 1. The monoisotopic (exact) mass is 232 g/mol. The van der Waals surface area contributed by atoms with Crippen LogP contribution in [0.1, 0.15) is 5.69 Å². The number of nitrogens with zero attached hydrogens (tertiary/aromatic N) is 4. The molecular weight excluding hydrogens is 223 g/mol. The number of aliphatic hydroxyl groups excluding tert-OH is 1. The van der Waals surface area contributed by atoms with Gasteiger partial charge in [-0.25, -0.2) is 9.07 Å². The van der Waals surface area contributed by atoms with Crippen LogP contribution in [0.25, 0.3) is 11.3 Å². The Bertz CT molecular complexity index is 573. The summed E-state index contributed by atoms with van der Waals surface area (Å²) in [6.45, 7) is 0.00797. The maximum atomic E-state index is 13.6. The van der Waals surface area contributed by atoms with Crippen molar-refractivity contribution in [1.82, 2.24) is 15.0 Å². The Hall–Kier alpha value is -2.26. The molecule has 1 heterocycles. The SMILES string of the molecule is N#Cc1nnn(CCO)c1-c1ccccc1F. The van der Waals surface area contributed by atoms with Crippen molar-refractivity contribution in [2.24, 2.45) is 0 Å². The van der Waals surface area contributed by atoms with Crippen LogP contribution in [0, 0.1) is 17.1 Å². The van der Waals surface area contributed by atoms with Gasteiger partial charge in [-0.2, -0.15) is 5.26 Å². The molecule has 0 unspecified atom stereocenters. The maximum absolute atomic E-state index is 13.6. The second-order valence-electron chi connectivity index (χ2n) is 3.33. The maximum Gasteiger partial charge on any atom is 0.190 e. The summed E-state index contributed by atoms with van der Waals surface area (Å²) in [6, 6.07) is 7.92. The van der Waals surface area contributed by atoms with Gasteiger partial charge in [-0.15, -0.1) is 5.10 Å². The summed E-state index contributed by atoms with van der Waals surface area (Å²) in [5, 5.41) is 25.1. The van der Waals surface area contributed by atoms with Crippen molar-refractivity contribution in [2.75, 3.05) is 6.61 Å². The number of hydrogen-bond donors (Lipinski definition) is 1. The lowest BCUT2D eigenvalue weighted by Crippen LogP contribution is -2.06. The first-order chi connectivity index (χ1) is 8.27. The van der Waals surface area contributed by atoms with Gasteiger partial charge in [0.1, 0.15) is 17.6 Å². The van der Waals surface area contributed by atoms with Gasteiger partial charge in [0.15, 0.2) is 5.69 Å². The summed E-state index contributed by atoms with van der Waals surface area (Å²) < 4.78 is 15.0. The third-order valence-electron chi connectivity index (χ3n) is 2.28. The highest BCUT2D eigenvalue weighted by atomic mass is 19.1. The van der Waals surface area contributed by atoms with Gasteiger partial charge in [0, 0.05) is 5.56 Å².